The predicted molar refractivity (Wildman–Crippen MR) is 208 cm³/mol. The van der Waals surface area contributed by atoms with Gasteiger partial charge in [0.05, 0.1) is 24.7 Å². The highest BCUT2D eigenvalue weighted by Gasteiger charge is 2.20. The van der Waals surface area contributed by atoms with Gasteiger partial charge in [-0.25, -0.2) is 0 Å². The summed E-state index contributed by atoms with van der Waals surface area (Å²) in [6.07, 6.45) is 0. The molecule has 0 bridgehead atoms. The van der Waals surface area contributed by atoms with Crippen LogP contribution in [0.5, 0.6) is 0 Å². The van der Waals surface area contributed by atoms with Crippen LogP contribution in [-0.4, -0.2) is 0 Å². The van der Waals surface area contributed by atoms with E-state index in [1.807, 2.05) is 36.4 Å². The molecule has 9 aromatic carbocycles. The van der Waals surface area contributed by atoms with Crippen LogP contribution in [0.3, 0.4) is 0 Å². The highest BCUT2D eigenvalue weighted by Crippen LogP contribution is 2.47. The molecule has 0 saturated heterocycles. The SMILES string of the molecule is [2H]c1c([2H])c([2H])c(-c2c([2H])c([2H])c3oc4c([2H])c([2H])c([2H])c(-c5c6ccccc6c(-c6ccc(-c7c([2H])c([2H])c8c([2H])c([2H])c([2H])c([2H])c8c7[2H])cc6)c6ccccc56)c4c3c2[2H])c([2H])c1[2H]. The van der Waals surface area contributed by atoms with Crippen LogP contribution in [0, 0.1) is 0 Å². The van der Waals surface area contributed by atoms with Crippen molar-refractivity contribution in [3.05, 3.63) is 182 Å². The Morgan fingerprint density at radius 1 is 0.367 bits per heavy atom. The number of furan rings is 1. The first-order valence-corrected chi connectivity index (χ1v) is 15.4. The Morgan fingerprint density at radius 3 is 1.71 bits per heavy atom. The summed E-state index contributed by atoms with van der Waals surface area (Å²) in [5, 5.41) is 1.91. The molecule has 0 radical (unpaired) electrons. The van der Waals surface area contributed by atoms with E-state index in [9.17, 15) is 2.74 Å². The van der Waals surface area contributed by atoms with Crippen LogP contribution in [0.2, 0.25) is 0 Å². The summed E-state index contributed by atoms with van der Waals surface area (Å²) in [6, 6.07) is 11.5. The molecule has 1 heteroatoms. The number of benzene rings is 9. The summed E-state index contributed by atoms with van der Waals surface area (Å²) in [7, 11) is 0. The zero-order valence-electron chi connectivity index (χ0n) is 43.3. The Morgan fingerprint density at radius 2 is 0.980 bits per heavy atom. The van der Waals surface area contributed by atoms with Crippen molar-refractivity contribution in [2.75, 3.05) is 0 Å². The average molecular weight is 641 g/mol. The van der Waals surface area contributed by atoms with Crippen LogP contribution < -0.4 is 0 Å². The molecule has 0 aliphatic rings. The van der Waals surface area contributed by atoms with Crippen molar-refractivity contribution >= 4 is 54.3 Å². The average Bonchev–Trinajstić information content (AvgIpc) is 3.73. The van der Waals surface area contributed by atoms with Gasteiger partial charge in [-0.15, -0.1) is 0 Å². The lowest BCUT2D eigenvalue weighted by Crippen LogP contribution is -1.91. The number of hydrogen-bond donors (Lipinski definition) is 0. The van der Waals surface area contributed by atoms with Crippen molar-refractivity contribution in [1.29, 1.82) is 0 Å². The van der Waals surface area contributed by atoms with Crippen molar-refractivity contribution in [2.24, 2.45) is 0 Å². The van der Waals surface area contributed by atoms with Gasteiger partial charge in [0.25, 0.3) is 0 Å². The van der Waals surface area contributed by atoms with Crippen LogP contribution in [0.1, 0.15) is 24.7 Å². The molecule has 0 amide bonds. The molecule has 228 valence electrons. The number of hydrogen-bond acceptors (Lipinski definition) is 1. The second kappa shape index (κ2) is 11.1. The second-order valence-electron chi connectivity index (χ2n) is 11.4. The minimum absolute atomic E-state index is 0.00747. The highest BCUT2D eigenvalue weighted by molar-refractivity contribution is 6.25. The maximum absolute atomic E-state index is 9.59. The van der Waals surface area contributed by atoms with Crippen LogP contribution in [-0.2, 0) is 0 Å². The van der Waals surface area contributed by atoms with Crippen molar-refractivity contribution in [3.8, 4) is 44.5 Å². The van der Waals surface area contributed by atoms with Crippen molar-refractivity contribution in [2.45, 2.75) is 0 Å². The van der Waals surface area contributed by atoms with Crippen LogP contribution in [0.4, 0.5) is 0 Å². The fraction of sp³-hybridized carbons (Fsp3) is 0. The lowest BCUT2D eigenvalue weighted by Gasteiger charge is -2.18. The molecule has 0 aliphatic carbocycles. The number of fused-ring (bicyclic) bond motifs is 6. The summed E-state index contributed by atoms with van der Waals surface area (Å²) in [4.78, 5) is 0. The van der Waals surface area contributed by atoms with Crippen LogP contribution in [0.25, 0.3) is 98.8 Å². The standard InChI is InChI=1S/C48H30O/c1-2-11-31(12-3-1)37-27-28-44-43(30-37)48-42(19-10-20-45(48)49-44)47-40-17-8-6-15-38(40)46(39-16-7-9-18-41(39)47)34-24-21-33(22-25-34)36-26-23-32-13-4-5-14-35(32)29-36/h1-30H/i1D,2D,3D,4D,5D,10D,11D,12D,13D,14D,19D,20D,23D,26D,27D,28D,29D,30D. The zero-order chi connectivity index (χ0) is 48.0. The third-order valence-electron chi connectivity index (χ3n) is 8.72. The lowest BCUT2D eigenvalue weighted by molar-refractivity contribution is 0.669. The number of rotatable bonds is 4. The second-order valence-corrected chi connectivity index (χ2v) is 11.4. The minimum atomic E-state index is -0.705. The molecule has 0 atom stereocenters. The Bertz CT molecular complexity index is 3810. The maximum atomic E-state index is 9.59. The molecular formula is C48H30O. The lowest BCUT2D eigenvalue weighted by atomic mass is 9.84. The van der Waals surface area contributed by atoms with Gasteiger partial charge in [-0.1, -0.05) is 157 Å². The van der Waals surface area contributed by atoms with E-state index in [0.29, 0.717) is 43.8 Å². The summed E-state index contributed by atoms with van der Waals surface area (Å²) >= 11 is 0. The Balaban J connectivity index is 1.27. The van der Waals surface area contributed by atoms with Gasteiger partial charge in [0.1, 0.15) is 11.2 Å². The molecule has 49 heavy (non-hydrogen) atoms. The van der Waals surface area contributed by atoms with E-state index in [-0.39, 0.29) is 55.9 Å². The van der Waals surface area contributed by atoms with Gasteiger partial charge in [0, 0.05) is 10.8 Å². The monoisotopic (exact) mass is 640 g/mol. The predicted octanol–water partition coefficient (Wildman–Crippen LogP) is 13.7. The van der Waals surface area contributed by atoms with Gasteiger partial charge in [0.2, 0.25) is 0 Å². The van der Waals surface area contributed by atoms with Gasteiger partial charge in [-0.3, -0.25) is 0 Å². The molecular weight excluding hydrogens is 593 g/mol. The molecule has 10 aromatic rings. The summed E-state index contributed by atoms with van der Waals surface area (Å²) in [5.74, 6) is 0. The molecule has 0 saturated carbocycles. The van der Waals surface area contributed by atoms with Gasteiger partial charge >= 0.3 is 0 Å². The Hall–Kier alpha value is -6.44. The quantitative estimate of drug-likeness (QED) is 0.174. The molecule has 0 unspecified atom stereocenters. The third-order valence-corrected chi connectivity index (χ3v) is 8.72. The third kappa shape index (κ3) is 4.47. The topological polar surface area (TPSA) is 13.1 Å². The fourth-order valence-corrected chi connectivity index (χ4v) is 6.58. The van der Waals surface area contributed by atoms with Crippen molar-refractivity contribution in [3.63, 3.8) is 0 Å². The summed E-state index contributed by atoms with van der Waals surface area (Å²) in [6.45, 7) is 0. The van der Waals surface area contributed by atoms with E-state index in [1.165, 1.54) is 0 Å². The Kier molecular flexibility index (Phi) is 3.43. The van der Waals surface area contributed by atoms with E-state index in [0.717, 1.165) is 0 Å². The smallest absolute Gasteiger partial charge is 0.136 e. The van der Waals surface area contributed by atoms with E-state index >= 15 is 0 Å². The van der Waals surface area contributed by atoms with Gasteiger partial charge in [0.15, 0.2) is 0 Å². The van der Waals surface area contributed by atoms with Crippen molar-refractivity contribution < 1.29 is 29.1 Å². The highest BCUT2D eigenvalue weighted by atomic mass is 16.3. The van der Waals surface area contributed by atoms with Crippen molar-refractivity contribution in [1.82, 2.24) is 0 Å². The summed E-state index contributed by atoms with van der Waals surface area (Å²) < 4.78 is 163. The molecule has 0 N–H and O–H groups in total. The van der Waals surface area contributed by atoms with Crippen LogP contribution >= 0.6 is 0 Å². The molecule has 0 fully saturated rings. The first kappa shape index (κ1) is 15.2. The minimum Gasteiger partial charge on any atom is -0.456 e. The van der Waals surface area contributed by atoms with E-state index in [4.69, 9.17) is 26.3 Å². The normalized spacial score (nSPS) is 16.8. The largest absolute Gasteiger partial charge is 0.456 e. The van der Waals surface area contributed by atoms with Gasteiger partial charge < -0.3 is 4.42 Å². The molecule has 10 rings (SSSR count). The van der Waals surface area contributed by atoms with E-state index in [1.54, 1.807) is 36.4 Å². The first-order chi connectivity index (χ1) is 31.8. The molecule has 1 heterocycles. The maximum Gasteiger partial charge on any atom is 0.136 e. The fourth-order valence-electron chi connectivity index (χ4n) is 6.58. The van der Waals surface area contributed by atoms with E-state index in [2.05, 4.69) is 0 Å². The first-order valence-electron chi connectivity index (χ1n) is 24.4. The van der Waals surface area contributed by atoms with Crippen LogP contribution in [0.15, 0.2) is 186 Å². The summed E-state index contributed by atoms with van der Waals surface area (Å²) in [5.41, 5.74) is 0.747. The molecule has 0 aliphatic heterocycles. The van der Waals surface area contributed by atoms with E-state index < -0.39 is 108 Å². The Labute approximate surface area is 309 Å². The molecule has 1 aromatic heterocycles. The van der Waals surface area contributed by atoms with Gasteiger partial charge in [-0.2, -0.15) is 0 Å². The van der Waals surface area contributed by atoms with Gasteiger partial charge in [-0.05, 0) is 101 Å². The molecule has 0 spiro atoms. The zero-order valence-corrected chi connectivity index (χ0v) is 25.3. The molecule has 1 nitrogen and oxygen atoms in total.